The molecule has 0 bridgehead atoms. The average molecular weight is 734 g/mol. The molecule has 0 saturated heterocycles. The maximum atomic E-state index is 5.66. The first-order valence-corrected chi connectivity index (χ1v) is 20.3. The Morgan fingerprint density at radius 2 is 1.61 bits per heavy atom. The maximum Gasteiger partial charge on any atom is 0.165 e. The lowest BCUT2D eigenvalue weighted by atomic mass is 9.73. The number of nitrogens with zero attached hydrogens (tertiary/aromatic N) is 5. The van der Waals surface area contributed by atoms with Crippen LogP contribution in [0, 0.1) is 17.8 Å². The van der Waals surface area contributed by atoms with Gasteiger partial charge < -0.3 is 0 Å². The van der Waals surface area contributed by atoms with Gasteiger partial charge in [-0.05, 0) is 86.2 Å². The van der Waals surface area contributed by atoms with Gasteiger partial charge in [0.2, 0.25) is 0 Å². The molecule has 0 saturated carbocycles. The van der Waals surface area contributed by atoms with Crippen molar-refractivity contribution in [2.75, 3.05) is 0 Å². The van der Waals surface area contributed by atoms with Gasteiger partial charge in [0.25, 0.3) is 0 Å². The topological polar surface area (TPSA) is 54.9 Å². The number of aryl methyl sites for hydroxylation is 1. The first-order valence-electron chi connectivity index (χ1n) is 20.3. The smallest absolute Gasteiger partial charge is 0.165 e. The van der Waals surface area contributed by atoms with Gasteiger partial charge in [-0.25, -0.2) is 15.0 Å². The van der Waals surface area contributed by atoms with Gasteiger partial charge in [0.15, 0.2) is 5.65 Å². The second kappa shape index (κ2) is 12.9. The highest BCUT2D eigenvalue weighted by Crippen LogP contribution is 2.40. The van der Waals surface area contributed by atoms with E-state index in [1.54, 1.807) is 0 Å². The molecule has 4 aliphatic carbocycles. The van der Waals surface area contributed by atoms with Crippen LogP contribution < -0.4 is 10.4 Å². The SMILES string of the molecule is C1=CC2=c3ccccc3=CC(C3CC(c4cc5ccccc5c5ccccc45)=NC(C4C=CC(c5nc6c(nc7ccccn76)c6c5C=CCC6)=CC4)=N3)C2C=C1. The van der Waals surface area contributed by atoms with Crippen molar-refractivity contribution in [1.82, 2.24) is 14.4 Å². The summed E-state index contributed by atoms with van der Waals surface area (Å²) in [5, 5.41) is 7.64. The van der Waals surface area contributed by atoms with Gasteiger partial charge >= 0.3 is 0 Å². The zero-order valence-electron chi connectivity index (χ0n) is 31.5. The highest BCUT2D eigenvalue weighted by molar-refractivity contribution is 6.21. The molecule has 0 fully saturated rings. The Bertz CT molecular complexity index is 3220. The van der Waals surface area contributed by atoms with E-state index in [0.717, 1.165) is 65.3 Å². The van der Waals surface area contributed by atoms with Gasteiger partial charge in [-0.2, -0.15) is 0 Å². The Kier molecular flexibility index (Phi) is 7.37. The van der Waals surface area contributed by atoms with Crippen LogP contribution in [0.25, 0.3) is 61.7 Å². The van der Waals surface area contributed by atoms with Crippen molar-refractivity contribution in [3.05, 3.63) is 185 Å². The minimum atomic E-state index is 0.0254. The van der Waals surface area contributed by atoms with Gasteiger partial charge in [0.05, 0.1) is 17.4 Å². The number of benzene rings is 4. The van der Waals surface area contributed by atoms with Crippen LogP contribution in [0.1, 0.15) is 41.6 Å². The van der Waals surface area contributed by atoms with Crippen molar-refractivity contribution >= 4 is 73.2 Å². The van der Waals surface area contributed by atoms with Gasteiger partial charge in [0, 0.05) is 41.5 Å². The van der Waals surface area contributed by atoms with Crippen LogP contribution in [0.3, 0.4) is 0 Å². The van der Waals surface area contributed by atoms with E-state index in [0.29, 0.717) is 0 Å². The van der Waals surface area contributed by atoms with Crippen molar-refractivity contribution in [3.8, 4) is 0 Å². The Morgan fingerprint density at radius 3 is 2.54 bits per heavy atom. The van der Waals surface area contributed by atoms with E-state index in [1.165, 1.54) is 54.2 Å². The fourth-order valence-electron chi connectivity index (χ4n) is 10.0. The molecule has 5 heteroatoms. The maximum absolute atomic E-state index is 5.66. The summed E-state index contributed by atoms with van der Waals surface area (Å²) < 4.78 is 2.12. The summed E-state index contributed by atoms with van der Waals surface area (Å²) in [7, 11) is 0. The van der Waals surface area contributed by atoms with Crippen LogP contribution in [-0.2, 0) is 6.42 Å². The van der Waals surface area contributed by atoms with Crippen molar-refractivity contribution in [3.63, 3.8) is 0 Å². The molecule has 12 rings (SSSR count). The number of hydrogen-bond acceptors (Lipinski definition) is 4. The molecule has 0 spiro atoms. The minimum Gasteiger partial charge on any atom is -0.284 e. The number of pyridine rings is 2. The number of imidazole rings is 1. The molecular weight excluding hydrogens is 695 g/mol. The minimum absolute atomic E-state index is 0.0254. The molecular formula is C52H39N5. The summed E-state index contributed by atoms with van der Waals surface area (Å²) in [6, 6.07) is 35.0. The first kappa shape index (κ1) is 32.5. The predicted octanol–water partition coefficient (Wildman–Crippen LogP) is 9.77. The summed E-state index contributed by atoms with van der Waals surface area (Å²) in [4.78, 5) is 21.6. The Balaban J connectivity index is 0.982. The van der Waals surface area contributed by atoms with Crippen LogP contribution in [0.15, 0.2) is 162 Å². The lowest BCUT2D eigenvalue weighted by molar-refractivity contribution is 0.476. The number of fused-ring (bicyclic) bond motifs is 10. The lowest BCUT2D eigenvalue weighted by Crippen LogP contribution is -2.41. The van der Waals surface area contributed by atoms with E-state index < -0.39 is 0 Å². The standard InChI is InChI=1S/C52H39N5/c1-3-15-36-34(13-1)29-44(40-19-7-5-17-38(36)40)46-31-47(45-30-35-14-2-4-16-37(35)39-18-6-8-20-41(39)45)54-51(53-46)33-26-24-32(25-27-33)49-42-21-9-10-22-43(42)50-52(56-49)57-28-12-11-23-48(57)55-50/h1-9,11-21,23-26,28-30,33,40,44,46H,10,22,27,31H2. The van der Waals surface area contributed by atoms with E-state index in [9.17, 15) is 0 Å². The third-order valence-corrected chi connectivity index (χ3v) is 12.7. The van der Waals surface area contributed by atoms with Crippen LogP contribution in [0.5, 0.6) is 0 Å². The zero-order valence-corrected chi connectivity index (χ0v) is 31.5. The molecule has 57 heavy (non-hydrogen) atoms. The molecule has 4 unspecified atom stereocenters. The quantitative estimate of drug-likeness (QED) is 0.169. The third kappa shape index (κ3) is 5.22. The number of aliphatic imine (C=N–C) groups is 2. The first-order chi connectivity index (χ1) is 28.2. The summed E-state index contributed by atoms with van der Waals surface area (Å²) in [5.74, 6) is 1.41. The van der Waals surface area contributed by atoms with Crippen LogP contribution in [0.2, 0.25) is 0 Å². The molecule has 7 aromatic rings. The van der Waals surface area contributed by atoms with Crippen molar-refractivity contribution in [2.24, 2.45) is 27.7 Å². The summed E-state index contributed by atoms with van der Waals surface area (Å²) in [6.45, 7) is 0. The number of amidine groups is 1. The summed E-state index contributed by atoms with van der Waals surface area (Å²) >= 11 is 0. The van der Waals surface area contributed by atoms with E-state index >= 15 is 0 Å². The number of hydrogen-bond donors (Lipinski definition) is 0. The molecule has 4 heterocycles. The van der Waals surface area contributed by atoms with Crippen LogP contribution >= 0.6 is 0 Å². The van der Waals surface area contributed by atoms with Gasteiger partial charge in [-0.3, -0.25) is 9.39 Å². The summed E-state index contributed by atoms with van der Waals surface area (Å²) in [5.41, 5.74) is 11.3. The molecule has 5 nitrogen and oxygen atoms in total. The van der Waals surface area contributed by atoms with E-state index in [1.807, 2.05) is 6.07 Å². The van der Waals surface area contributed by atoms with Crippen molar-refractivity contribution < 1.29 is 0 Å². The number of aromatic nitrogens is 3. The second-order valence-corrected chi connectivity index (χ2v) is 15.9. The van der Waals surface area contributed by atoms with E-state index in [2.05, 4.69) is 162 Å². The van der Waals surface area contributed by atoms with Crippen molar-refractivity contribution in [2.45, 2.75) is 31.7 Å². The van der Waals surface area contributed by atoms with Crippen LogP contribution in [-0.4, -0.2) is 32.0 Å². The molecule has 4 atom stereocenters. The fraction of sp³-hybridized carbons (Fsp3) is 0.154. The molecule has 4 aromatic carbocycles. The van der Waals surface area contributed by atoms with Gasteiger partial charge in [-0.15, -0.1) is 0 Å². The van der Waals surface area contributed by atoms with Crippen molar-refractivity contribution in [1.29, 1.82) is 0 Å². The number of allylic oxidation sites excluding steroid dienone is 8. The number of rotatable bonds is 4. The predicted molar refractivity (Wildman–Crippen MR) is 236 cm³/mol. The van der Waals surface area contributed by atoms with E-state index in [4.69, 9.17) is 20.0 Å². The molecule has 0 N–H and O–H groups in total. The molecule has 272 valence electrons. The Morgan fingerprint density at radius 1 is 0.754 bits per heavy atom. The summed E-state index contributed by atoms with van der Waals surface area (Å²) in [6.07, 6.45) is 28.7. The van der Waals surface area contributed by atoms with E-state index in [-0.39, 0.29) is 23.8 Å². The monoisotopic (exact) mass is 733 g/mol. The largest absolute Gasteiger partial charge is 0.284 e. The Labute approximate surface area is 330 Å². The van der Waals surface area contributed by atoms with Gasteiger partial charge in [-0.1, -0.05) is 140 Å². The molecule has 1 aliphatic heterocycles. The van der Waals surface area contributed by atoms with Crippen LogP contribution in [0.4, 0.5) is 0 Å². The highest BCUT2D eigenvalue weighted by atomic mass is 15.1. The highest BCUT2D eigenvalue weighted by Gasteiger charge is 2.36. The fourth-order valence-corrected chi connectivity index (χ4v) is 10.0. The molecule has 0 amide bonds. The molecule has 0 radical (unpaired) electrons. The molecule has 5 aliphatic rings. The van der Waals surface area contributed by atoms with Gasteiger partial charge in [0.1, 0.15) is 17.0 Å². The normalized spacial score (nSPS) is 22.2. The molecule has 3 aromatic heterocycles. The third-order valence-electron chi connectivity index (χ3n) is 12.7. The Hall–Kier alpha value is -6.72. The zero-order chi connectivity index (χ0) is 37.5. The second-order valence-electron chi connectivity index (χ2n) is 15.9. The lowest BCUT2D eigenvalue weighted by Gasteiger charge is -2.35. The average Bonchev–Trinajstić information content (AvgIpc) is 3.67.